The van der Waals surface area contributed by atoms with Gasteiger partial charge in [0.1, 0.15) is 17.3 Å². The van der Waals surface area contributed by atoms with Gasteiger partial charge in [0, 0.05) is 23.3 Å². The zero-order valence-electron chi connectivity index (χ0n) is 16.5. The van der Waals surface area contributed by atoms with E-state index in [-0.39, 0.29) is 5.91 Å². The van der Waals surface area contributed by atoms with E-state index in [1.54, 1.807) is 19.2 Å². The van der Waals surface area contributed by atoms with Gasteiger partial charge in [0.15, 0.2) is 0 Å². The lowest BCUT2D eigenvalue weighted by molar-refractivity contribution is 0.102. The molecule has 1 amide bonds. The van der Waals surface area contributed by atoms with Crippen LogP contribution in [0.3, 0.4) is 0 Å². The van der Waals surface area contributed by atoms with E-state index in [0.29, 0.717) is 23.0 Å². The van der Waals surface area contributed by atoms with Crippen LogP contribution in [-0.4, -0.2) is 20.9 Å². The first-order chi connectivity index (χ1) is 14.0. The predicted octanol–water partition coefficient (Wildman–Crippen LogP) is 4.95. The lowest BCUT2D eigenvalue weighted by Crippen LogP contribution is -2.16. The van der Waals surface area contributed by atoms with Crippen molar-refractivity contribution in [2.75, 3.05) is 10.6 Å². The van der Waals surface area contributed by atoms with Crippen molar-refractivity contribution in [3.8, 4) is 0 Å². The lowest BCUT2D eigenvalue weighted by Gasteiger charge is -2.12. The fourth-order valence-corrected chi connectivity index (χ4v) is 3.15. The third kappa shape index (κ3) is 4.06. The van der Waals surface area contributed by atoms with Crippen molar-refractivity contribution in [2.45, 2.75) is 20.8 Å². The molecular formula is C23H21N5O. The number of nitrogens with zero attached hydrogens (tertiary/aromatic N) is 3. The third-order valence-electron chi connectivity index (χ3n) is 4.61. The highest BCUT2D eigenvalue weighted by Gasteiger charge is 2.13. The Bertz CT molecular complexity index is 1210. The summed E-state index contributed by atoms with van der Waals surface area (Å²) in [4.78, 5) is 26.0. The van der Waals surface area contributed by atoms with E-state index in [9.17, 15) is 4.79 Å². The highest BCUT2D eigenvalue weighted by molar-refractivity contribution is 6.07. The molecule has 0 unspecified atom stereocenters. The molecule has 2 aromatic heterocycles. The number of nitrogens with one attached hydrogen (secondary N) is 2. The van der Waals surface area contributed by atoms with Gasteiger partial charge < -0.3 is 10.6 Å². The summed E-state index contributed by atoms with van der Waals surface area (Å²) in [7, 11) is 0. The molecule has 6 nitrogen and oxygen atoms in total. The van der Waals surface area contributed by atoms with Crippen LogP contribution in [0.1, 0.15) is 27.4 Å². The fraction of sp³-hybridized carbons (Fsp3) is 0.130. The van der Waals surface area contributed by atoms with E-state index in [4.69, 9.17) is 0 Å². The number of amides is 1. The van der Waals surface area contributed by atoms with Gasteiger partial charge in [0.25, 0.3) is 5.91 Å². The zero-order chi connectivity index (χ0) is 20.4. The summed E-state index contributed by atoms with van der Waals surface area (Å²) < 4.78 is 0. The Hall–Kier alpha value is -3.80. The summed E-state index contributed by atoms with van der Waals surface area (Å²) in [6, 6.07) is 17.3. The Morgan fingerprint density at radius 3 is 2.59 bits per heavy atom. The molecule has 0 radical (unpaired) electrons. The Kier molecular flexibility index (Phi) is 4.91. The minimum atomic E-state index is -0.308. The van der Waals surface area contributed by atoms with E-state index in [1.807, 2.05) is 56.3 Å². The maximum absolute atomic E-state index is 12.9. The molecule has 0 aliphatic carbocycles. The van der Waals surface area contributed by atoms with Gasteiger partial charge in [-0.15, -0.1) is 0 Å². The molecule has 0 aliphatic heterocycles. The quantitative estimate of drug-likeness (QED) is 0.521. The Morgan fingerprint density at radius 1 is 0.897 bits per heavy atom. The molecule has 2 N–H and O–H groups in total. The fourth-order valence-electron chi connectivity index (χ4n) is 3.15. The van der Waals surface area contributed by atoms with Gasteiger partial charge in [-0.2, -0.15) is 0 Å². The molecule has 0 aliphatic rings. The van der Waals surface area contributed by atoms with Gasteiger partial charge in [0.2, 0.25) is 0 Å². The highest BCUT2D eigenvalue weighted by Crippen LogP contribution is 2.23. The number of hydrogen-bond donors (Lipinski definition) is 2. The Balaban J connectivity index is 1.63. The number of carbonyl (C=O) groups excluding carboxylic acids is 1. The summed E-state index contributed by atoms with van der Waals surface area (Å²) in [6.45, 7) is 5.83. The van der Waals surface area contributed by atoms with E-state index in [2.05, 4.69) is 31.7 Å². The number of pyridine rings is 1. The summed E-state index contributed by atoms with van der Waals surface area (Å²) in [5.41, 5.74) is 4.87. The first-order valence-corrected chi connectivity index (χ1v) is 9.35. The van der Waals surface area contributed by atoms with Crippen molar-refractivity contribution in [1.29, 1.82) is 0 Å². The number of hydrogen-bond acceptors (Lipinski definition) is 5. The molecule has 29 heavy (non-hydrogen) atoms. The van der Waals surface area contributed by atoms with Crippen molar-refractivity contribution in [2.24, 2.45) is 0 Å². The van der Waals surface area contributed by atoms with Crippen LogP contribution in [0.4, 0.5) is 17.2 Å². The number of rotatable bonds is 4. The molecule has 6 heteroatoms. The van der Waals surface area contributed by atoms with E-state index in [0.717, 1.165) is 27.7 Å². The molecule has 4 rings (SSSR count). The summed E-state index contributed by atoms with van der Waals surface area (Å²) in [5, 5.41) is 7.18. The number of aryl methyl sites for hydroxylation is 3. The smallest absolute Gasteiger partial charge is 0.274 e. The van der Waals surface area contributed by atoms with E-state index < -0.39 is 0 Å². The van der Waals surface area contributed by atoms with Gasteiger partial charge in [-0.05, 0) is 50.1 Å². The molecule has 144 valence electrons. The van der Waals surface area contributed by atoms with Crippen LogP contribution in [0, 0.1) is 20.8 Å². The van der Waals surface area contributed by atoms with Crippen molar-refractivity contribution in [1.82, 2.24) is 15.0 Å². The van der Waals surface area contributed by atoms with Crippen LogP contribution in [0.5, 0.6) is 0 Å². The molecule has 0 saturated carbocycles. The molecule has 4 aromatic rings. The second-order valence-corrected chi connectivity index (χ2v) is 6.96. The Morgan fingerprint density at radius 2 is 1.72 bits per heavy atom. The minimum absolute atomic E-state index is 0.290. The van der Waals surface area contributed by atoms with Gasteiger partial charge in [-0.25, -0.2) is 9.97 Å². The average Bonchev–Trinajstić information content (AvgIpc) is 2.70. The Labute approximate surface area is 169 Å². The second-order valence-electron chi connectivity index (χ2n) is 6.96. The number of carbonyl (C=O) groups is 1. The molecule has 0 fully saturated rings. The normalized spacial score (nSPS) is 10.7. The molecule has 0 bridgehead atoms. The largest absolute Gasteiger partial charge is 0.340 e. The van der Waals surface area contributed by atoms with Crippen molar-refractivity contribution < 1.29 is 4.79 Å². The second kappa shape index (κ2) is 7.67. The first-order valence-electron chi connectivity index (χ1n) is 9.35. The van der Waals surface area contributed by atoms with E-state index in [1.165, 1.54) is 0 Å². The minimum Gasteiger partial charge on any atom is -0.340 e. The molecular weight excluding hydrogens is 362 g/mol. The maximum atomic E-state index is 12.9. The monoisotopic (exact) mass is 383 g/mol. The third-order valence-corrected chi connectivity index (χ3v) is 4.61. The van der Waals surface area contributed by atoms with Crippen LogP contribution < -0.4 is 10.6 Å². The van der Waals surface area contributed by atoms with Crippen LogP contribution in [-0.2, 0) is 0 Å². The molecule has 2 aromatic carbocycles. The molecule has 0 saturated heterocycles. The lowest BCUT2D eigenvalue weighted by atomic mass is 10.1. The SMILES string of the molecule is Cc1ccc(C)c(Nc2cc(C(=O)Nc3cccc4cccnc34)nc(C)n2)c1. The summed E-state index contributed by atoms with van der Waals surface area (Å²) >= 11 is 0. The van der Waals surface area contributed by atoms with Crippen molar-refractivity contribution in [3.05, 3.63) is 83.4 Å². The highest BCUT2D eigenvalue weighted by atomic mass is 16.1. The average molecular weight is 383 g/mol. The van der Waals surface area contributed by atoms with Gasteiger partial charge in [-0.3, -0.25) is 9.78 Å². The standard InChI is InChI=1S/C23H21N5O/c1-14-9-10-15(2)19(12-14)27-21-13-20(25-16(3)26-21)23(29)28-18-8-4-6-17-7-5-11-24-22(17)18/h4-13H,1-3H3,(H,28,29)(H,25,26,27). The topological polar surface area (TPSA) is 79.8 Å². The molecule has 0 spiro atoms. The number of fused-ring (bicyclic) bond motifs is 1. The van der Waals surface area contributed by atoms with Crippen LogP contribution >= 0.6 is 0 Å². The maximum Gasteiger partial charge on any atom is 0.274 e. The van der Waals surface area contributed by atoms with Crippen molar-refractivity contribution >= 4 is 34.0 Å². The van der Waals surface area contributed by atoms with Crippen LogP contribution in [0.15, 0.2) is 60.8 Å². The number of benzene rings is 2. The molecule has 2 heterocycles. The predicted molar refractivity (Wildman–Crippen MR) is 116 cm³/mol. The van der Waals surface area contributed by atoms with E-state index >= 15 is 0 Å². The molecule has 0 atom stereocenters. The van der Waals surface area contributed by atoms with Gasteiger partial charge in [0.05, 0.1) is 11.2 Å². The van der Waals surface area contributed by atoms with Crippen LogP contribution in [0.2, 0.25) is 0 Å². The first kappa shape index (κ1) is 18.6. The number of anilines is 3. The zero-order valence-corrected chi connectivity index (χ0v) is 16.5. The number of para-hydroxylation sites is 1. The summed E-state index contributed by atoms with van der Waals surface area (Å²) in [6.07, 6.45) is 1.71. The van der Waals surface area contributed by atoms with Crippen molar-refractivity contribution in [3.63, 3.8) is 0 Å². The number of aromatic nitrogens is 3. The van der Waals surface area contributed by atoms with Gasteiger partial charge >= 0.3 is 0 Å². The summed E-state index contributed by atoms with van der Waals surface area (Å²) in [5.74, 6) is 0.784. The van der Waals surface area contributed by atoms with Gasteiger partial charge in [-0.1, -0.05) is 30.3 Å². The van der Waals surface area contributed by atoms with Crippen LogP contribution in [0.25, 0.3) is 10.9 Å².